The predicted molar refractivity (Wildman–Crippen MR) is 188 cm³/mol. The Morgan fingerprint density at radius 3 is 1.44 bits per heavy atom. The van der Waals surface area contributed by atoms with Crippen LogP contribution in [-0.4, -0.2) is 55.7 Å². The molecule has 2 atom stereocenters. The minimum absolute atomic E-state index is 0.0966. The van der Waals surface area contributed by atoms with Crippen LogP contribution in [0.2, 0.25) is 0 Å². The molecule has 2 aromatic carbocycles. The van der Waals surface area contributed by atoms with Gasteiger partial charge in [0.15, 0.2) is 0 Å². The molecular weight excluding hydrogens is 679 g/mol. The third kappa shape index (κ3) is 14.0. The molecular formula is C32H39N4O9PS2. The molecule has 4 aromatic rings. The van der Waals surface area contributed by atoms with Crippen molar-refractivity contribution in [1.82, 2.24) is 19.1 Å². The second-order valence-electron chi connectivity index (χ2n) is 10.8. The van der Waals surface area contributed by atoms with Crippen LogP contribution in [0.3, 0.4) is 0 Å². The molecule has 16 heteroatoms. The van der Waals surface area contributed by atoms with E-state index in [-0.39, 0.29) is 23.7 Å². The van der Waals surface area contributed by atoms with Crippen LogP contribution >= 0.6 is 31.8 Å². The summed E-state index contributed by atoms with van der Waals surface area (Å²) in [6, 6.07) is 22.1. The monoisotopic (exact) mass is 718 g/mol. The maximum atomic E-state index is 12.4. The lowest BCUT2D eigenvalue weighted by atomic mass is 10.2. The van der Waals surface area contributed by atoms with Crippen LogP contribution in [-0.2, 0) is 49.4 Å². The van der Waals surface area contributed by atoms with Crippen molar-refractivity contribution in [1.29, 1.82) is 0 Å². The van der Waals surface area contributed by atoms with Gasteiger partial charge in [0.2, 0.25) is 0 Å². The number of hydrogen-bond donors (Lipinski definition) is 2. The summed E-state index contributed by atoms with van der Waals surface area (Å²) >= 11 is 2.79. The lowest BCUT2D eigenvalue weighted by molar-refractivity contribution is 0.0877. The number of hydrogen-bond acceptors (Lipinski definition) is 11. The SMILES string of the molecule is O=c1ccn(CC(COCc2ccccc2)CSCO[PH](=O)OCSCC(COCc2ccccc2)Cn2ccc(=O)[nH]c2=O)c(=O)[nH]1. The fraction of sp³-hybridized carbons (Fsp3) is 0.375. The van der Waals surface area contributed by atoms with E-state index in [0.717, 1.165) is 11.1 Å². The highest BCUT2D eigenvalue weighted by Gasteiger charge is 2.15. The zero-order valence-corrected chi connectivity index (χ0v) is 28.8. The molecule has 13 nitrogen and oxygen atoms in total. The molecule has 0 fully saturated rings. The Morgan fingerprint density at radius 1 is 0.625 bits per heavy atom. The molecule has 0 aliphatic rings. The summed E-state index contributed by atoms with van der Waals surface area (Å²) < 4.78 is 37.9. The van der Waals surface area contributed by atoms with Crippen molar-refractivity contribution in [2.45, 2.75) is 26.3 Å². The number of nitrogens with one attached hydrogen (secondary N) is 2. The number of rotatable bonds is 22. The molecule has 0 amide bonds. The number of ether oxygens (including phenoxy) is 2. The molecule has 2 N–H and O–H groups in total. The third-order valence-electron chi connectivity index (χ3n) is 6.86. The Bertz CT molecular complexity index is 1660. The van der Waals surface area contributed by atoms with Gasteiger partial charge in [0.05, 0.1) is 26.4 Å². The van der Waals surface area contributed by atoms with E-state index in [0.29, 0.717) is 51.0 Å². The molecule has 0 radical (unpaired) electrons. The second-order valence-corrected chi connectivity index (χ2v) is 13.8. The van der Waals surface area contributed by atoms with Gasteiger partial charge < -0.3 is 18.6 Å². The van der Waals surface area contributed by atoms with Crippen molar-refractivity contribution < 1.29 is 23.1 Å². The van der Waals surface area contributed by atoms with Gasteiger partial charge in [0.25, 0.3) is 11.1 Å². The Morgan fingerprint density at radius 2 is 1.04 bits per heavy atom. The summed E-state index contributed by atoms with van der Waals surface area (Å²) in [5.74, 6) is 1.12. The zero-order chi connectivity index (χ0) is 34.0. The lowest BCUT2D eigenvalue weighted by Crippen LogP contribution is -2.32. The highest BCUT2D eigenvalue weighted by Crippen LogP contribution is 2.28. The Hall–Kier alpha value is -3.43. The first-order chi connectivity index (χ1) is 23.4. The topological polar surface area (TPSA) is 164 Å². The third-order valence-corrected chi connectivity index (χ3v) is 10.0. The molecule has 0 aliphatic carbocycles. The summed E-state index contributed by atoms with van der Waals surface area (Å²) in [6.45, 7) is 2.19. The van der Waals surface area contributed by atoms with Gasteiger partial charge in [0.1, 0.15) is 11.9 Å². The standard InChI is InChI=1S/C32H39N4O9PS2/c37-29-11-13-35(31(39)33-29)15-27(19-42-17-25-7-3-1-4-8-25)21-47-23-44-46(41)45-24-48-22-28(16-36-14-12-30(38)34-32(36)40)20-43-18-26-9-5-2-6-10-26/h1-14,27-28,46H,15-24H2,(H,33,37,39)(H,34,38,40). The zero-order valence-electron chi connectivity index (χ0n) is 26.2. The van der Waals surface area contributed by atoms with Gasteiger partial charge in [-0.2, -0.15) is 0 Å². The quantitative estimate of drug-likeness (QED) is 0.0694. The summed E-state index contributed by atoms with van der Waals surface area (Å²) in [4.78, 5) is 51.9. The molecule has 2 heterocycles. The smallest absolute Gasteiger partial charge is 0.328 e. The molecule has 0 saturated heterocycles. The van der Waals surface area contributed by atoms with Crippen LogP contribution in [0.25, 0.3) is 0 Å². The highest BCUT2D eigenvalue weighted by molar-refractivity contribution is 7.99. The van der Waals surface area contributed by atoms with Gasteiger partial charge in [-0.1, -0.05) is 60.7 Å². The van der Waals surface area contributed by atoms with E-state index in [2.05, 4.69) is 9.97 Å². The summed E-state index contributed by atoms with van der Waals surface area (Å²) in [6.07, 6.45) is 2.91. The maximum Gasteiger partial charge on any atom is 0.328 e. The number of benzene rings is 2. The van der Waals surface area contributed by atoms with E-state index in [9.17, 15) is 23.7 Å². The van der Waals surface area contributed by atoms with Crippen molar-refractivity contribution in [3.05, 3.63) is 138 Å². The summed E-state index contributed by atoms with van der Waals surface area (Å²) in [5, 5.41) is 0. The average molecular weight is 719 g/mol. The van der Waals surface area contributed by atoms with Crippen molar-refractivity contribution in [3.63, 3.8) is 0 Å². The van der Waals surface area contributed by atoms with E-state index >= 15 is 0 Å². The van der Waals surface area contributed by atoms with Crippen molar-refractivity contribution in [2.24, 2.45) is 11.8 Å². The summed E-state index contributed by atoms with van der Waals surface area (Å²) in [5.41, 5.74) is 0.134. The van der Waals surface area contributed by atoms with Crippen LogP contribution in [0.1, 0.15) is 11.1 Å². The first-order valence-corrected chi connectivity index (χ1v) is 18.7. The van der Waals surface area contributed by atoms with Gasteiger partial charge in [-0.15, -0.1) is 23.5 Å². The molecule has 2 aromatic heterocycles. The minimum Gasteiger partial charge on any atom is -0.376 e. The van der Waals surface area contributed by atoms with Crippen LogP contribution in [0.4, 0.5) is 0 Å². The molecule has 0 aliphatic heterocycles. The normalized spacial score (nSPS) is 13.2. The average Bonchev–Trinajstić information content (AvgIpc) is 3.08. The van der Waals surface area contributed by atoms with E-state index < -0.39 is 30.8 Å². The largest absolute Gasteiger partial charge is 0.376 e. The fourth-order valence-electron chi connectivity index (χ4n) is 4.53. The number of thioether (sulfide) groups is 2. The molecule has 0 spiro atoms. The lowest BCUT2D eigenvalue weighted by Gasteiger charge is -2.18. The Balaban J connectivity index is 1.19. The van der Waals surface area contributed by atoms with E-state index in [4.69, 9.17) is 18.5 Å². The number of H-pyrrole nitrogens is 2. The molecule has 0 bridgehead atoms. The highest BCUT2D eigenvalue weighted by atomic mass is 32.2. The number of aromatic amines is 2. The fourth-order valence-corrected chi connectivity index (χ4v) is 7.31. The first-order valence-electron chi connectivity index (χ1n) is 15.1. The molecule has 0 saturated carbocycles. The van der Waals surface area contributed by atoms with Gasteiger partial charge in [0, 0.05) is 61.0 Å². The van der Waals surface area contributed by atoms with Crippen molar-refractivity contribution in [3.8, 4) is 0 Å². The minimum atomic E-state index is -2.77. The Labute approximate surface area is 286 Å². The number of aromatic nitrogens is 4. The van der Waals surface area contributed by atoms with Crippen molar-refractivity contribution >= 4 is 31.8 Å². The van der Waals surface area contributed by atoms with Crippen LogP contribution in [0.5, 0.6) is 0 Å². The van der Waals surface area contributed by atoms with Gasteiger partial charge in [-0.25, -0.2) is 9.59 Å². The Kier molecular flexibility index (Phi) is 16.2. The van der Waals surface area contributed by atoms with Crippen LogP contribution in [0, 0.1) is 11.8 Å². The number of nitrogens with zero attached hydrogens (tertiary/aromatic N) is 2. The summed E-state index contributed by atoms with van der Waals surface area (Å²) in [7, 11) is -2.77. The van der Waals surface area contributed by atoms with Gasteiger partial charge in [-0.3, -0.25) is 33.2 Å². The first kappa shape index (κ1) is 37.4. The molecule has 258 valence electrons. The molecule has 4 rings (SSSR count). The van der Waals surface area contributed by atoms with Crippen LogP contribution in [0.15, 0.2) is 104 Å². The van der Waals surface area contributed by atoms with E-state index in [1.54, 1.807) is 0 Å². The molecule has 2 unspecified atom stereocenters. The molecule has 48 heavy (non-hydrogen) atoms. The van der Waals surface area contributed by atoms with Crippen LogP contribution < -0.4 is 22.5 Å². The van der Waals surface area contributed by atoms with Gasteiger partial charge >= 0.3 is 19.6 Å². The predicted octanol–water partition coefficient (Wildman–Crippen LogP) is 3.56. The van der Waals surface area contributed by atoms with E-state index in [1.165, 1.54) is 57.2 Å². The second kappa shape index (κ2) is 20.8. The van der Waals surface area contributed by atoms with E-state index in [1.807, 2.05) is 60.7 Å². The maximum absolute atomic E-state index is 12.4. The van der Waals surface area contributed by atoms with Crippen molar-refractivity contribution in [2.75, 3.05) is 36.6 Å². The van der Waals surface area contributed by atoms with Gasteiger partial charge in [-0.05, 0) is 11.1 Å².